The van der Waals surface area contributed by atoms with E-state index in [2.05, 4.69) is 24.3 Å². The molecule has 2 amide bonds. The van der Waals surface area contributed by atoms with Crippen molar-refractivity contribution in [1.29, 1.82) is 0 Å². The Morgan fingerprint density at radius 1 is 1.47 bits per heavy atom. The molecular formula is C10H19N3O2. The van der Waals surface area contributed by atoms with Gasteiger partial charge in [0.2, 0.25) is 12.3 Å². The van der Waals surface area contributed by atoms with E-state index in [9.17, 15) is 9.59 Å². The molecule has 0 atom stereocenters. The quantitative estimate of drug-likeness (QED) is 0.627. The summed E-state index contributed by atoms with van der Waals surface area (Å²) in [6.45, 7) is 1.71. The number of nitrogens with one attached hydrogen (secondary N) is 1. The van der Waals surface area contributed by atoms with Gasteiger partial charge in [0.25, 0.3) is 0 Å². The monoisotopic (exact) mass is 213 g/mol. The second kappa shape index (κ2) is 5.70. The van der Waals surface area contributed by atoms with Gasteiger partial charge in [-0.25, -0.2) is 0 Å². The summed E-state index contributed by atoms with van der Waals surface area (Å²) < 4.78 is 0. The van der Waals surface area contributed by atoms with Crippen molar-refractivity contribution in [2.45, 2.75) is 18.9 Å². The van der Waals surface area contributed by atoms with Gasteiger partial charge in [-0.1, -0.05) is 0 Å². The standard InChI is InChI=1S/C10H19N3O2/c1-12(2)9-3-5-13(6-4-9)10(15)7-11-8-14/h8-9H,3-7H2,1-2H3,(H,11,14). The van der Waals surface area contributed by atoms with E-state index in [-0.39, 0.29) is 12.5 Å². The number of hydrogen-bond acceptors (Lipinski definition) is 3. The number of piperidine rings is 1. The van der Waals surface area contributed by atoms with Gasteiger partial charge in [0.15, 0.2) is 0 Å². The number of hydrogen-bond donors (Lipinski definition) is 1. The molecule has 5 nitrogen and oxygen atoms in total. The molecule has 0 aromatic carbocycles. The van der Waals surface area contributed by atoms with Crippen LogP contribution in [0.2, 0.25) is 0 Å². The van der Waals surface area contributed by atoms with E-state index in [1.807, 2.05) is 4.90 Å². The van der Waals surface area contributed by atoms with Gasteiger partial charge < -0.3 is 15.1 Å². The van der Waals surface area contributed by atoms with Crippen LogP contribution in [0.25, 0.3) is 0 Å². The summed E-state index contributed by atoms with van der Waals surface area (Å²) in [5, 5.41) is 2.40. The number of likely N-dealkylation sites (tertiary alicyclic amines) is 1. The minimum atomic E-state index is 0.0132. The molecule has 0 bridgehead atoms. The summed E-state index contributed by atoms with van der Waals surface area (Å²) in [4.78, 5) is 25.6. The van der Waals surface area contributed by atoms with Crippen molar-refractivity contribution >= 4 is 12.3 Å². The molecule has 86 valence electrons. The number of rotatable bonds is 4. The predicted molar refractivity (Wildman–Crippen MR) is 57.4 cm³/mol. The molecule has 0 unspecified atom stereocenters. The molecule has 1 saturated heterocycles. The smallest absolute Gasteiger partial charge is 0.241 e. The van der Waals surface area contributed by atoms with Crippen molar-refractivity contribution < 1.29 is 9.59 Å². The van der Waals surface area contributed by atoms with Gasteiger partial charge in [-0.2, -0.15) is 0 Å². The van der Waals surface area contributed by atoms with E-state index in [1.165, 1.54) is 0 Å². The van der Waals surface area contributed by atoms with E-state index in [0.29, 0.717) is 12.5 Å². The Morgan fingerprint density at radius 2 is 2.07 bits per heavy atom. The number of carbonyl (C=O) groups is 2. The highest BCUT2D eigenvalue weighted by Gasteiger charge is 2.23. The van der Waals surface area contributed by atoms with Crippen LogP contribution in [0.5, 0.6) is 0 Å². The fourth-order valence-corrected chi connectivity index (χ4v) is 1.87. The van der Waals surface area contributed by atoms with Crippen LogP contribution in [0.1, 0.15) is 12.8 Å². The summed E-state index contributed by atoms with van der Waals surface area (Å²) in [5.41, 5.74) is 0. The highest BCUT2D eigenvalue weighted by molar-refractivity contribution is 5.80. The van der Waals surface area contributed by atoms with Crippen molar-refractivity contribution in [2.24, 2.45) is 0 Å². The van der Waals surface area contributed by atoms with Crippen LogP contribution in [-0.2, 0) is 9.59 Å². The van der Waals surface area contributed by atoms with Gasteiger partial charge >= 0.3 is 0 Å². The Labute approximate surface area is 90.4 Å². The third-order valence-electron chi connectivity index (χ3n) is 2.88. The van der Waals surface area contributed by atoms with Gasteiger partial charge in [-0.15, -0.1) is 0 Å². The lowest BCUT2D eigenvalue weighted by Gasteiger charge is -2.35. The van der Waals surface area contributed by atoms with Crippen molar-refractivity contribution in [2.75, 3.05) is 33.7 Å². The Morgan fingerprint density at radius 3 is 2.53 bits per heavy atom. The van der Waals surface area contributed by atoms with Crippen molar-refractivity contribution in [1.82, 2.24) is 15.1 Å². The van der Waals surface area contributed by atoms with E-state index >= 15 is 0 Å². The summed E-state index contributed by atoms with van der Waals surface area (Å²) in [6, 6.07) is 0.577. The lowest BCUT2D eigenvalue weighted by molar-refractivity contribution is -0.132. The zero-order valence-corrected chi connectivity index (χ0v) is 9.40. The van der Waals surface area contributed by atoms with Crippen molar-refractivity contribution in [3.8, 4) is 0 Å². The minimum Gasteiger partial charge on any atom is -0.350 e. The molecule has 0 aromatic heterocycles. The lowest BCUT2D eigenvalue weighted by atomic mass is 10.0. The molecule has 0 saturated carbocycles. The number of carbonyl (C=O) groups excluding carboxylic acids is 2. The SMILES string of the molecule is CN(C)C1CCN(C(=O)CNC=O)CC1. The summed E-state index contributed by atoms with van der Waals surface area (Å²) >= 11 is 0. The van der Waals surface area contributed by atoms with Crippen LogP contribution in [0.3, 0.4) is 0 Å². The first-order chi connectivity index (χ1) is 7.15. The van der Waals surface area contributed by atoms with E-state index in [0.717, 1.165) is 25.9 Å². The summed E-state index contributed by atoms with van der Waals surface area (Å²) in [6.07, 6.45) is 2.59. The fourth-order valence-electron chi connectivity index (χ4n) is 1.87. The van der Waals surface area contributed by atoms with Gasteiger partial charge in [-0.3, -0.25) is 9.59 Å². The van der Waals surface area contributed by atoms with Crippen molar-refractivity contribution in [3.63, 3.8) is 0 Å². The molecule has 1 fully saturated rings. The van der Waals surface area contributed by atoms with Crippen LogP contribution in [0.4, 0.5) is 0 Å². The third-order valence-corrected chi connectivity index (χ3v) is 2.88. The second-order valence-electron chi connectivity index (χ2n) is 4.07. The maximum atomic E-state index is 11.5. The molecule has 1 rings (SSSR count). The molecule has 1 aliphatic rings. The molecule has 5 heteroatoms. The van der Waals surface area contributed by atoms with E-state index in [1.54, 1.807) is 0 Å². The zero-order valence-electron chi connectivity index (χ0n) is 9.40. The maximum absolute atomic E-state index is 11.5. The molecule has 0 aliphatic carbocycles. The molecular weight excluding hydrogens is 194 g/mol. The predicted octanol–water partition coefficient (Wildman–Crippen LogP) is -0.715. The van der Waals surface area contributed by atoms with Crippen LogP contribution in [-0.4, -0.2) is 61.9 Å². The third kappa shape index (κ3) is 3.51. The Kier molecular flexibility index (Phi) is 4.55. The first-order valence-electron chi connectivity index (χ1n) is 5.26. The normalized spacial score (nSPS) is 17.9. The van der Waals surface area contributed by atoms with E-state index in [4.69, 9.17) is 0 Å². The zero-order chi connectivity index (χ0) is 11.3. The molecule has 1 aliphatic heterocycles. The molecule has 0 spiro atoms. The first-order valence-corrected chi connectivity index (χ1v) is 5.26. The highest BCUT2D eigenvalue weighted by Crippen LogP contribution is 2.13. The van der Waals surface area contributed by atoms with Crippen LogP contribution in [0.15, 0.2) is 0 Å². The lowest BCUT2D eigenvalue weighted by Crippen LogP contribution is -2.46. The molecule has 15 heavy (non-hydrogen) atoms. The first kappa shape index (κ1) is 12.0. The van der Waals surface area contributed by atoms with Crippen LogP contribution < -0.4 is 5.32 Å². The molecule has 0 aromatic rings. The average Bonchev–Trinajstić information content (AvgIpc) is 2.26. The Bertz CT molecular complexity index is 223. The summed E-state index contributed by atoms with van der Waals surface area (Å²) in [5.74, 6) is 0.0132. The average molecular weight is 213 g/mol. The topological polar surface area (TPSA) is 52.6 Å². The number of nitrogens with zero attached hydrogens (tertiary/aromatic N) is 2. The Balaban J connectivity index is 2.30. The second-order valence-corrected chi connectivity index (χ2v) is 4.07. The van der Waals surface area contributed by atoms with Gasteiger partial charge in [0.05, 0.1) is 6.54 Å². The largest absolute Gasteiger partial charge is 0.350 e. The minimum absolute atomic E-state index is 0.0132. The number of amides is 2. The van der Waals surface area contributed by atoms with Gasteiger partial charge in [0, 0.05) is 19.1 Å². The highest BCUT2D eigenvalue weighted by atomic mass is 16.2. The van der Waals surface area contributed by atoms with E-state index < -0.39 is 0 Å². The summed E-state index contributed by atoms with van der Waals surface area (Å²) in [7, 11) is 4.13. The maximum Gasteiger partial charge on any atom is 0.241 e. The molecule has 0 radical (unpaired) electrons. The molecule has 1 N–H and O–H groups in total. The Hall–Kier alpha value is -1.10. The van der Waals surface area contributed by atoms with Crippen molar-refractivity contribution in [3.05, 3.63) is 0 Å². The van der Waals surface area contributed by atoms with Crippen LogP contribution >= 0.6 is 0 Å². The van der Waals surface area contributed by atoms with Gasteiger partial charge in [0.1, 0.15) is 0 Å². The molecule has 1 heterocycles. The van der Waals surface area contributed by atoms with Crippen LogP contribution in [0, 0.1) is 0 Å². The fraction of sp³-hybridized carbons (Fsp3) is 0.800. The van der Waals surface area contributed by atoms with Gasteiger partial charge in [-0.05, 0) is 26.9 Å².